The first-order chi connectivity index (χ1) is 7.19. The second kappa shape index (κ2) is 3.97. The van der Waals surface area contributed by atoms with Crippen LogP contribution in [0.25, 0.3) is 0 Å². The van der Waals surface area contributed by atoms with E-state index in [0.29, 0.717) is 5.41 Å². The van der Waals surface area contributed by atoms with Gasteiger partial charge < -0.3 is 5.73 Å². The van der Waals surface area contributed by atoms with E-state index < -0.39 is 0 Å². The zero-order valence-electron chi connectivity index (χ0n) is 9.74. The van der Waals surface area contributed by atoms with Crippen molar-refractivity contribution in [1.29, 1.82) is 0 Å². The molecule has 15 heavy (non-hydrogen) atoms. The zero-order chi connectivity index (χ0) is 10.9. The second-order valence-corrected chi connectivity index (χ2v) is 4.78. The molecular formula is C12H21N3. The number of nitrogens with zero attached hydrogens (tertiary/aromatic N) is 2. The molecule has 0 aromatic carbocycles. The lowest BCUT2D eigenvalue weighted by atomic mass is 9.75. The fraction of sp³-hybridized carbons (Fsp3) is 0.750. The SMILES string of the molecule is CCC1(C(N)c2ccnn2C)CCCC1. The van der Waals surface area contributed by atoms with Crippen molar-refractivity contribution in [2.24, 2.45) is 18.2 Å². The smallest absolute Gasteiger partial charge is 0.0553 e. The van der Waals surface area contributed by atoms with Crippen molar-refractivity contribution in [1.82, 2.24) is 9.78 Å². The Kier molecular flexibility index (Phi) is 2.83. The zero-order valence-corrected chi connectivity index (χ0v) is 9.74. The van der Waals surface area contributed by atoms with Gasteiger partial charge in [-0.1, -0.05) is 19.8 Å². The van der Waals surface area contributed by atoms with Crippen LogP contribution in [0.15, 0.2) is 12.3 Å². The van der Waals surface area contributed by atoms with Crippen LogP contribution in [-0.4, -0.2) is 9.78 Å². The molecule has 1 atom stereocenters. The minimum atomic E-state index is 0.150. The molecule has 1 aromatic heterocycles. The summed E-state index contributed by atoms with van der Waals surface area (Å²) in [5.41, 5.74) is 7.94. The summed E-state index contributed by atoms with van der Waals surface area (Å²) in [4.78, 5) is 0. The molecule has 0 amide bonds. The Morgan fingerprint density at radius 2 is 2.20 bits per heavy atom. The molecular weight excluding hydrogens is 186 g/mol. The Morgan fingerprint density at radius 3 is 2.67 bits per heavy atom. The molecule has 2 N–H and O–H groups in total. The first-order valence-electron chi connectivity index (χ1n) is 5.93. The third-order valence-corrected chi connectivity index (χ3v) is 4.14. The first kappa shape index (κ1) is 10.7. The van der Waals surface area contributed by atoms with Crippen molar-refractivity contribution in [3.05, 3.63) is 18.0 Å². The van der Waals surface area contributed by atoms with Crippen LogP contribution in [-0.2, 0) is 7.05 Å². The summed E-state index contributed by atoms with van der Waals surface area (Å²) in [5, 5.41) is 4.21. The molecule has 1 unspecified atom stereocenters. The molecule has 1 fully saturated rings. The van der Waals surface area contributed by atoms with E-state index >= 15 is 0 Å². The van der Waals surface area contributed by atoms with E-state index in [9.17, 15) is 0 Å². The third kappa shape index (κ3) is 1.69. The lowest BCUT2D eigenvalue weighted by Crippen LogP contribution is -2.33. The first-order valence-corrected chi connectivity index (χ1v) is 5.93. The molecule has 0 bridgehead atoms. The van der Waals surface area contributed by atoms with Gasteiger partial charge in [0.1, 0.15) is 0 Å². The summed E-state index contributed by atoms with van der Waals surface area (Å²) in [6, 6.07) is 2.21. The van der Waals surface area contributed by atoms with Crippen LogP contribution >= 0.6 is 0 Å². The maximum atomic E-state index is 6.43. The summed E-state index contributed by atoms with van der Waals surface area (Å²) in [6.45, 7) is 2.27. The maximum absolute atomic E-state index is 6.43. The molecule has 1 aromatic rings. The van der Waals surface area contributed by atoms with Crippen LogP contribution in [0.4, 0.5) is 0 Å². The van der Waals surface area contributed by atoms with Crippen LogP contribution in [0.2, 0.25) is 0 Å². The number of nitrogens with two attached hydrogens (primary N) is 1. The molecule has 1 heterocycles. The summed E-state index contributed by atoms with van der Waals surface area (Å²) in [7, 11) is 1.98. The van der Waals surface area contributed by atoms with E-state index in [4.69, 9.17) is 5.73 Å². The number of aromatic nitrogens is 2. The van der Waals surface area contributed by atoms with E-state index in [1.54, 1.807) is 0 Å². The molecule has 0 aliphatic heterocycles. The predicted molar refractivity (Wildman–Crippen MR) is 61.3 cm³/mol. The highest BCUT2D eigenvalue weighted by Gasteiger charge is 2.39. The van der Waals surface area contributed by atoms with Gasteiger partial charge in [0.25, 0.3) is 0 Å². The van der Waals surface area contributed by atoms with E-state index in [-0.39, 0.29) is 6.04 Å². The van der Waals surface area contributed by atoms with Crippen LogP contribution in [0.3, 0.4) is 0 Å². The van der Waals surface area contributed by atoms with Gasteiger partial charge in [0.05, 0.1) is 11.7 Å². The topological polar surface area (TPSA) is 43.8 Å². The molecule has 3 nitrogen and oxygen atoms in total. The van der Waals surface area contributed by atoms with Crippen molar-refractivity contribution < 1.29 is 0 Å². The monoisotopic (exact) mass is 207 g/mol. The summed E-state index contributed by atoms with van der Waals surface area (Å²) in [5.74, 6) is 0. The van der Waals surface area contributed by atoms with Crippen molar-refractivity contribution in [2.75, 3.05) is 0 Å². The van der Waals surface area contributed by atoms with Gasteiger partial charge in [0, 0.05) is 13.2 Å². The molecule has 3 heteroatoms. The van der Waals surface area contributed by atoms with Crippen LogP contribution in [0, 0.1) is 5.41 Å². The normalized spacial score (nSPS) is 21.8. The molecule has 1 aliphatic rings. The minimum Gasteiger partial charge on any atom is -0.322 e. The van der Waals surface area contributed by atoms with Crippen LogP contribution < -0.4 is 5.73 Å². The van der Waals surface area contributed by atoms with E-state index in [0.717, 1.165) is 0 Å². The summed E-state index contributed by atoms with van der Waals surface area (Å²) in [6.07, 6.45) is 8.23. The van der Waals surface area contributed by atoms with Crippen molar-refractivity contribution in [3.8, 4) is 0 Å². The Balaban J connectivity index is 2.26. The molecule has 1 saturated carbocycles. The van der Waals surface area contributed by atoms with Crippen molar-refractivity contribution in [3.63, 3.8) is 0 Å². The van der Waals surface area contributed by atoms with Crippen molar-refractivity contribution >= 4 is 0 Å². The average Bonchev–Trinajstić information content (AvgIpc) is 2.86. The Morgan fingerprint density at radius 1 is 1.53 bits per heavy atom. The fourth-order valence-corrected chi connectivity index (χ4v) is 2.97. The second-order valence-electron chi connectivity index (χ2n) is 4.78. The molecule has 0 saturated heterocycles. The lowest BCUT2D eigenvalue weighted by molar-refractivity contribution is 0.214. The highest BCUT2D eigenvalue weighted by atomic mass is 15.3. The van der Waals surface area contributed by atoms with Gasteiger partial charge in [-0.3, -0.25) is 4.68 Å². The highest BCUT2D eigenvalue weighted by Crippen LogP contribution is 2.48. The van der Waals surface area contributed by atoms with Gasteiger partial charge in [0.2, 0.25) is 0 Å². The minimum absolute atomic E-state index is 0.150. The molecule has 2 rings (SSSR count). The largest absolute Gasteiger partial charge is 0.322 e. The van der Waals surface area contributed by atoms with E-state index in [1.807, 2.05) is 17.9 Å². The van der Waals surface area contributed by atoms with Gasteiger partial charge in [-0.15, -0.1) is 0 Å². The van der Waals surface area contributed by atoms with Gasteiger partial charge in [0.15, 0.2) is 0 Å². The van der Waals surface area contributed by atoms with Gasteiger partial charge in [-0.25, -0.2) is 0 Å². The molecule has 84 valence electrons. The Hall–Kier alpha value is -0.830. The maximum Gasteiger partial charge on any atom is 0.0553 e. The lowest BCUT2D eigenvalue weighted by Gasteiger charge is -2.34. The standard InChI is InChI=1S/C12H21N3/c1-3-12(7-4-5-8-12)11(13)10-6-9-14-15(10)2/h6,9,11H,3-5,7-8,13H2,1-2H3. The number of hydrogen-bond donors (Lipinski definition) is 1. The number of hydrogen-bond acceptors (Lipinski definition) is 2. The highest BCUT2D eigenvalue weighted by molar-refractivity contribution is 5.11. The van der Waals surface area contributed by atoms with Crippen LogP contribution in [0.5, 0.6) is 0 Å². The number of rotatable bonds is 3. The predicted octanol–water partition coefficient (Wildman–Crippen LogP) is 2.39. The summed E-state index contributed by atoms with van der Waals surface area (Å²) < 4.78 is 1.92. The number of aryl methyl sites for hydroxylation is 1. The van der Waals surface area contributed by atoms with Gasteiger partial charge >= 0.3 is 0 Å². The third-order valence-electron chi connectivity index (χ3n) is 4.14. The van der Waals surface area contributed by atoms with Gasteiger partial charge in [-0.05, 0) is 30.7 Å². The average molecular weight is 207 g/mol. The van der Waals surface area contributed by atoms with Crippen molar-refractivity contribution in [2.45, 2.75) is 45.1 Å². The van der Waals surface area contributed by atoms with E-state index in [1.165, 1.54) is 37.8 Å². The molecule has 0 spiro atoms. The quantitative estimate of drug-likeness (QED) is 0.827. The Bertz CT molecular complexity index is 323. The Labute approximate surface area is 91.7 Å². The van der Waals surface area contributed by atoms with Crippen LogP contribution in [0.1, 0.15) is 50.8 Å². The summed E-state index contributed by atoms with van der Waals surface area (Å²) >= 11 is 0. The van der Waals surface area contributed by atoms with E-state index in [2.05, 4.69) is 18.1 Å². The fourth-order valence-electron chi connectivity index (χ4n) is 2.97. The van der Waals surface area contributed by atoms with Gasteiger partial charge in [-0.2, -0.15) is 5.10 Å². The molecule has 1 aliphatic carbocycles. The molecule has 0 radical (unpaired) electrons.